The molecule has 11 heavy (non-hydrogen) atoms. The molecule has 0 rings (SSSR count). The maximum Gasteiger partial charge on any atom is 0.0153 e. The monoisotopic (exact) mass is 156 g/mol. The van der Waals surface area contributed by atoms with E-state index in [2.05, 4.69) is 37.7 Å². The van der Waals surface area contributed by atoms with Gasteiger partial charge >= 0.3 is 0 Å². The van der Waals surface area contributed by atoms with Crippen LogP contribution in [0.15, 0.2) is 12.8 Å². The SMILES string of the molecule is C=CNCCCN(C)C(C)C. The van der Waals surface area contributed by atoms with Crippen LogP contribution in [0.5, 0.6) is 0 Å². The third kappa shape index (κ3) is 5.92. The fraction of sp³-hybridized carbons (Fsp3) is 0.778. The molecule has 2 heteroatoms. The molecule has 0 bridgehead atoms. The van der Waals surface area contributed by atoms with Gasteiger partial charge < -0.3 is 10.2 Å². The van der Waals surface area contributed by atoms with E-state index in [1.54, 1.807) is 6.20 Å². The summed E-state index contributed by atoms with van der Waals surface area (Å²) in [6.45, 7) is 10.2. The molecule has 0 saturated heterocycles. The zero-order valence-electron chi connectivity index (χ0n) is 7.93. The summed E-state index contributed by atoms with van der Waals surface area (Å²) in [5.41, 5.74) is 0. The molecule has 0 aliphatic heterocycles. The Hall–Kier alpha value is -0.500. The molecule has 0 fully saturated rings. The zero-order chi connectivity index (χ0) is 8.69. The van der Waals surface area contributed by atoms with Crippen molar-refractivity contribution >= 4 is 0 Å². The minimum Gasteiger partial charge on any atom is -0.391 e. The third-order valence-electron chi connectivity index (χ3n) is 1.86. The summed E-state index contributed by atoms with van der Waals surface area (Å²) in [6, 6.07) is 0.652. The predicted octanol–water partition coefficient (Wildman–Crippen LogP) is 1.45. The summed E-state index contributed by atoms with van der Waals surface area (Å²) < 4.78 is 0. The molecule has 2 nitrogen and oxygen atoms in total. The largest absolute Gasteiger partial charge is 0.391 e. The molecule has 0 amide bonds. The van der Waals surface area contributed by atoms with Crippen LogP contribution in [-0.2, 0) is 0 Å². The lowest BCUT2D eigenvalue weighted by Crippen LogP contribution is -2.28. The first-order valence-corrected chi connectivity index (χ1v) is 4.23. The summed E-state index contributed by atoms with van der Waals surface area (Å²) in [5.74, 6) is 0. The van der Waals surface area contributed by atoms with Crippen LogP contribution in [0, 0.1) is 0 Å². The number of hydrogen-bond donors (Lipinski definition) is 1. The van der Waals surface area contributed by atoms with Gasteiger partial charge in [-0.2, -0.15) is 0 Å². The van der Waals surface area contributed by atoms with Crippen molar-refractivity contribution < 1.29 is 0 Å². The van der Waals surface area contributed by atoms with Crippen LogP contribution in [0.2, 0.25) is 0 Å². The molecule has 0 atom stereocenters. The molecule has 0 spiro atoms. The van der Waals surface area contributed by atoms with E-state index in [1.807, 2.05) is 0 Å². The quantitative estimate of drug-likeness (QED) is 0.586. The Labute approximate surface area is 70.3 Å². The van der Waals surface area contributed by atoms with Crippen molar-refractivity contribution in [3.63, 3.8) is 0 Å². The van der Waals surface area contributed by atoms with Crippen molar-refractivity contribution in [2.45, 2.75) is 26.3 Å². The maximum atomic E-state index is 3.59. The van der Waals surface area contributed by atoms with Crippen molar-refractivity contribution in [2.75, 3.05) is 20.1 Å². The van der Waals surface area contributed by atoms with E-state index >= 15 is 0 Å². The highest BCUT2D eigenvalue weighted by atomic mass is 15.1. The number of hydrogen-bond acceptors (Lipinski definition) is 2. The van der Waals surface area contributed by atoms with Gasteiger partial charge in [-0.3, -0.25) is 0 Å². The first-order valence-electron chi connectivity index (χ1n) is 4.23. The smallest absolute Gasteiger partial charge is 0.0153 e. The summed E-state index contributed by atoms with van der Waals surface area (Å²) in [5, 5.41) is 3.08. The topological polar surface area (TPSA) is 15.3 Å². The second-order valence-electron chi connectivity index (χ2n) is 3.09. The maximum absolute atomic E-state index is 3.59. The molecule has 1 N–H and O–H groups in total. The van der Waals surface area contributed by atoms with Gasteiger partial charge in [0.1, 0.15) is 0 Å². The van der Waals surface area contributed by atoms with Crippen LogP contribution < -0.4 is 5.32 Å². The Balaban J connectivity index is 3.17. The lowest BCUT2D eigenvalue weighted by Gasteiger charge is -2.20. The molecule has 0 aromatic rings. The molecule has 0 aromatic heterocycles. The second kappa shape index (κ2) is 6.23. The Morgan fingerprint density at radius 2 is 2.18 bits per heavy atom. The summed E-state index contributed by atoms with van der Waals surface area (Å²) in [7, 11) is 2.15. The van der Waals surface area contributed by atoms with Gasteiger partial charge in [0.15, 0.2) is 0 Å². The van der Waals surface area contributed by atoms with E-state index in [0.29, 0.717) is 6.04 Å². The summed E-state index contributed by atoms with van der Waals surface area (Å²) >= 11 is 0. The molecule has 0 radical (unpaired) electrons. The molecule has 0 saturated carbocycles. The molecule has 0 aliphatic rings. The predicted molar refractivity (Wildman–Crippen MR) is 50.6 cm³/mol. The Kier molecular flexibility index (Phi) is 5.94. The second-order valence-corrected chi connectivity index (χ2v) is 3.09. The van der Waals surface area contributed by atoms with Crippen LogP contribution in [0.3, 0.4) is 0 Å². The fourth-order valence-corrected chi connectivity index (χ4v) is 0.791. The van der Waals surface area contributed by atoms with Crippen molar-refractivity contribution in [1.82, 2.24) is 10.2 Å². The van der Waals surface area contributed by atoms with E-state index in [0.717, 1.165) is 13.1 Å². The van der Waals surface area contributed by atoms with Gasteiger partial charge in [0, 0.05) is 12.6 Å². The Morgan fingerprint density at radius 3 is 2.64 bits per heavy atom. The van der Waals surface area contributed by atoms with Crippen LogP contribution >= 0.6 is 0 Å². The lowest BCUT2D eigenvalue weighted by atomic mass is 10.3. The lowest BCUT2D eigenvalue weighted by molar-refractivity contribution is 0.271. The minimum atomic E-state index is 0.652. The van der Waals surface area contributed by atoms with E-state index in [4.69, 9.17) is 0 Å². The van der Waals surface area contributed by atoms with E-state index in [1.165, 1.54) is 6.42 Å². The normalized spacial score (nSPS) is 10.6. The number of rotatable bonds is 6. The highest BCUT2D eigenvalue weighted by Crippen LogP contribution is 1.93. The molecule has 0 heterocycles. The first kappa shape index (κ1) is 10.5. The van der Waals surface area contributed by atoms with Crippen molar-refractivity contribution in [1.29, 1.82) is 0 Å². The van der Waals surface area contributed by atoms with Gasteiger partial charge in [-0.25, -0.2) is 0 Å². The van der Waals surface area contributed by atoms with Gasteiger partial charge in [-0.15, -0.1) is 0 Å². The van der Waals surface area contributed by atoms with Crippen LogP contribution in [0.4, 0.5) is 0 Å². The minimum absolute atomic E-state index is 0.652. The zero-order valence-corrected chi connectivity index (χ0v) is 7.93. The average molecular weight is 156 g/mol. The standard InChI is InChI=1S/C9H20N2/c1-5-10-7-6-8-11(4)9(2)3/h5,9-10H,1,6-8H2,2-4H3. The highest BCUT2D eigenvalue weighted by Gasteiger charge is 2.00. The molecular formula is C9H20N2. The number of nitrogens with one attached hydrogen (secondary N) is 1. The Morgan fingerprint density at radius 1 is 1.55 bits per heavy atom. The van der Waals surface area contributed by atoms with E-state index in [-0.39, 0.29) is 0 Å². The van der Waals surface area contributed by atoms with E-state index < -0.39 is 0 Å². The van der Waals surface area contributed by atoms with Crippen LogP contribution in [0.1, 0.15) is 20.3 Å². The van der Waals surface area contributed by atoms with Gasteiger partial charge in [-0.1, -0.05) is 6.58 Å². The van der Waals surface area contributed by atoms with Crippen molar-refractivity contribution in [3.8, 4) is 0 Å². The molecule has 0 aromatic carbocycles. The Bertz CT molecular complexity index is 99.7. The average Bonchev–Trinajstić information content (AvgIpc) is 1.97. The number of nitrogens with zero attached hydrogens (tertiary/aromatic N) is 1. The highest BCUT2D eigenvalue weighted by molar-refractivity contribution is 4.64. The van der Waals surface area contributed by atoms with Crippen molar-refractivity contribution in [3.05, 3.63) is 12.8 Å². The van der Waals surface area contributed by atoms with Crippen LogP contribution in [0.25, 0.3) is 0 Å². The molecular weight excluding hydrogens is 136 g/mol. The summed E-state index contributed by atoms with van der Waals surface area (Å²) in [6.07, 6.45) is 2.93. The summed E-state index contributed by atoms with van der Waals surface area (Å²) in [4.78, 5) is 2.34. The van der Waals surface area contributed by atoms with Crippen LogP contribution in [-0.4, -0.2) is 31.1 Å². The molecule has 66 valence electrons. The van der Waals surface area contributed by atoms with Gasteiger partial charge in [-0.05, 0) is 40.1 Å². The van der Waals surface area contributed by atoms with Gasteiger partial charge in [0.25, 0.3) is 0 Å². The first-order chi connectivity index (χ1) is 5.18. The third-order valence-corrected chi connectivity index (χ3v) is 1.86. The van der Waals surface area contributed by atoms with E-state index in [9.17, 15) is 0 Å². The van der Waals surface area contributed by atoms with Crippen molar-refractivity contribution in [2.24, 2.45) is 0 Å². The van der Waals surface area contributed by atoms with Gasteiger partial charge in [0.2, 0.25) is 0 Å². The molecule has 0 aliphatic carbocycles. The van der Waals surface area contributed by atoms with Gasteiger partial charge in [0.05, 0.1) is 0 Å². The molecule has 0 unspecified atom stereocenters. The fourth-order valence-electron chi connectivity index (χ4n) is 0.791.